The van der Waals surface area contributed by atoms with Crippen molar-refractivity contribution in [3.63, 3.8) is 0 Å². The molecule has 0 aliphatic carbocycles. The van der Waals surface area contributed by atoms with Gasteiger partial charge in [-0.15, -0.1) is 0 Å². The van der Waals surface area contributed by atoms with Crippen molar-refractivity contribution >= 4 is 15.8 Å². The van der Waals surface area contributed by atoms with Crippen LogP contribution in [0, 0.1) is 0 Å². The van der Waals surface area contributed by atoms with Crippen LogP contribution in [0.5, 0.6) is 0 Å². The maximum Gasteiger partial charge on any atom is 0.241 e. The summed E-state index contributed by atoms with van der Waals surface area (Å²) in [7, 11) is -3.77. The average Bonchev–Trinajstić information content (AvgIpc) is 2.45. The molecule has 0 saturated carbocycles. The van der Waals surface area contributed by atoms with Crippen molar-refractivity contribution in [2.24, 2.45) is 0 Å². The predicted octanol–water partition coefficient (Wildman–Crippen LogP) is 2.99. The summed E-state index contributed by atoms with van der Waals surface area (Å²) in [6.07, 6.45) is 0. The molecular weight excluding hydrogens is 298 g/mol. The Hall–Kier alpha value is -1.98. The molecule has 22 heavy (non-hydrogen) atoms. The lowest BCUT2D eigenvalue weighted by atomic mass is 10.0. The molecule has 4 nitrogen and oxygen atoms in total. The number of hydrogen-bond acceptors (Lipinski definition) is 3. The van der Waals surface area contributed by atoms with Gasteiger partial charge >= 0.3 is 0 Å². The number of nitrogens with one attached hydrogen (secondary N) is 1. The Balaban J connectivity index is 2.50. The van der Waals surface area contributed by atoms with Crippen LogP contribution in [-0.4, -0.2) is 19.7 Å². The van der Waals surface area contributed by atoms with E-state index in [-0.39, 0.29) is 16.2 Å². The van der Waals surface area contributed by atoms with Crippen molar-refractivity contribution in [2.75, 3.05) is 0 Å². The zero-order valence-electron chi connectivity index (χ0n) is 12.8. The number of hydrogen-bond donors (Lipinski definition) is 1. The van der Waals surface area contributed by atoms with E-state index < -0.39 is 15.6 Å². The lowest BCUT2D eigenvalue weighted by molar-refractivity contribution is 0.103. The van der Waals surface area contributed by atoms with Gasteiger partial charge in [-0.05, 0) is 32.9 Å². The first-order chi connectivity index (χ1) is 10.2. The Bertz CT molecular complexity index is 775. The van der Waals surface area contributed by atoms with Gasteiger partial charge in [0, 0.05) is 16.7 Å². The van der Waals surface area contributed by atoms with Crippen molar-refractivity contribution in [1.29, 1.82) is 0 Å². The third kappa shape index (κ3) is 3.81. The second kappa shape index (κ2) is 6.02. The van der Waals surface area contributed by atoms with E-state index in [0.717, 1.165) is 0 Å². The summed E-state index contributed by atoms with van der Waals surface area (Å²) < 4.78 is 27.7. The molecular formula is C17H19NO3S. The predicted molar refractivity (Wildman–Crippen MR) is 86.4 cm³/mol. The summed E-state index contributed by atoms with van der Waals surface area (Å²) in [6, 6.07) is 14.9. The van der Waals surface area contributed by atoms with Crippen molar-refractivity contribution in [2.45, 2.75) is 31.2 Å². The number of carbonyl (C=O) groups is 1. The molecule has 1 N–H and O–H groups in total. The van der Waals surface area contributed by atoms with Gasteiger partial charge in [0.25, 0.3) is 0 Å². The number of ketones is 1. The fraction of sp³-hybridized carbons (Fsp3) is 0.235. The van der Waals surface area contributed by atoms with Crippen LogP contribution in [0.25, 0.3) is 0 Å². The molecule has 5 heteroatoms. The molecule has 2 aromatic carbocycles. The molecule has 0 aliphatic heterocycles. The molecule has 0 aliphatic rings. The third-order valence-corrected chi connectivity index (χ3v) is 4.71. The van der Waals surface area contributed by atoms with E-state index in [9.17, 15) is 13.2 Å². The zero-order chi connectivity index (χ0) is 16.4. The summed E-state index contributed by atoms with van der Waals surface area (Å²) in [6.45, 7) is 5.27. The molecule has 0 bridgehead atoms. The summed E-state index contributed by atoms with van der Waals surface area (Å²) in [5, 5.41) is 0. The van der Waals surface area contributed by atoms with E-state index in [1.54, 1.807) is 63.2 Å². The van der Waals surface area contributed by atoms with Gasteiger partial charge in [0.15, 0.2) is 5.78 Å². The summed E-state index contributed by atoms with van der Waals surface area (Å²) >= 11 is 0. The molecule has 0 amide bonds. The number of carbonyl (C=O) groups excluding carboxylic acids is 1. The van der Waals surface area contributed by atoms with Crippen molar-refractivity contribution < 1.29 is 13.2 Å². The average molecular weight is 317 g/mol. The monoisotopic (exact) mass is 317 g/mol. The van der Waals surface area contributed by atoms with Crippen LogP contribution >= 0.6 is 0 Å². The SMILES string of the molecule is CC(C)(C)NS(=O)(=O)c1ccccc1C(=O)c1ccccc1. The Labute approximate surface area is 131 Å². The normalized spacial score (nSPS) is 12.1. The van der Waals surface area contributed by atoms with Crippen molar-refractivity contribution in [3.8, 4) is 0 Å². The molecule has 0 radical (unpaired) electrons. The van der Waals surface area contributed by atoms with Crippen LogP contribution in [-0.2, 0) is 10.0 Å². The van der Waals surface area contributed by atoms with E-state index in [0.29, 0.717) is 5.56 Å². The van der Waals surface area contributed by atoms with Gasteiger partial charge in [-0.2, -0.15) is 0 Å². The summed E-state index contributed by atoms with van der Waals surface area (Å²) in [4.78, 5) is 12.6. The molecule has 0 atom stereocenters. The minimum absolute atomic E-state index is 0.00113. The quantitative estimate of drug-likeness (QED) is 0.882. The molecule has 0 fully saturated rings. The maximum absolute atomic E-state index is 12.6. The molecule has 116 valence electrons. The Morgan fingerprint density at radius 2 is 1.45 bits per heavy atom. The highest BCUT2D eigenvalue weighted by atomic mass is 32.2. The highest BCUT2D eigenvalue weighted by Gasteiger charge is 2.26. The number of rotatable bonds is 4. The van der Waals surface area contributed by atoms with Crippen LogP contribution in [0.3, 0.4) is 0 Å². The van der Waals surface area contributed by atoms with Crippen LogP contribution in [0.2, 0.25) is 0 Å². The van der Waals surface area contributed by atoms with E-state index in [1.165, 1.54) is 12.1 Å². The topological polar surface area (TPSA) is 63.2 Å². The van der Waals surface area contributed by atoms with Gasteiger partial charge < -0.3 is 0 Å². The maximum atomic E-state index is 12.6. The largest absolute Gasteiger partial charge is 0.289 e. The second-order valence-electron chi connectivity index (χ2n) is 6.05. The molecule has 2 aromatic rings. The van der Waals surface area contributed by atoms with Gasteiger partial charge in [0.05, 0.1) is 4.90 Å². The van der Waals surface area contributed by atoms with Gasteiger partial charge in [0.2, 0.25) is 10.0 Å². The number of benzene rings is 2. The first-order valence-corrected chi connectivity index (χ1v) is 8.42. The Morgan fingerprint density at radius 3 is 2.05 bits per heavy atom. The molecule has 2 rings (SSSR count). The molecule has 0 saturated heterocycles. The fourth-order valence-electron chi connectivity index (χ4n) is 2.09. The summed E-state index contributed by atoms with van der Waals surface area (Å²) in [5.41, 5.74) is 0.00761. The molecule has 0 unspecified atom stereocenters. The minimum atomic E-state index is -3.77. The lowest BCUT2D eigenvalue weighted by Gasteiger charge is -2.21. The highest BCUT2D eigenvalue weighted by Crippen LogP contribution is 2.20. The Morgan fingerprint density at radius 1 is 0.909 bits per heavy atom. The van der Waals surface area contributed by atoms with E-state index >= 15 is 0 Å². The van der Waals surface area contributed by atoms with Crippen LogP contribution in [0.1, 0.15) is 36.7 Å². The Kier molecular flexibility index (Phi) is 4.49. The van der Waals surface area contributed by atoms with E-state index in [1.807, 2.05) is 0 Å². The summed E-state index contributed by atoms with van der Waals surface area (Å²) in [5.74, 6) is -0.310. The van der Waals surface area contributed by atoms with Crippen LogP contribution in [0.4, 0.5) is 0 Å². The van der Waals surface area contributed by atoms with Crippen molar-refractivity contribution in [3.05, 3.63) is 65.7 Å². The fourth-order valence-corrected chi connectivity index (χ4v) is 3.72. The standard InChI is InChI=1S/C17H19NO3S/c1-17(2,3)18-22(20,21)15-12-8-7-11-14(15)16(19)13-9-5-4-6-10-13/h4-12,18H,1-3H3. The molecule has 0 aromatic heterocycles. The van der Waals surface area contributed by atoms with Crippen LogP contribution < -0.4 is 4.72 Å². The molecule has 0 heterocycles. The van der Waals surface area contributed by atoms with E-state index in [4.69, 9.17) is 0 Å². The first kappa shape index (κ1) is 16.4. The van der Waals surface area contributed by atoms with Crippen LogP contribution in [0.15, 0.2) is 59.5 Å². The zero-order valence-corrected chi connectivity index (χ0v) is 13.6. The van der Waals surface area contributed by atoms with Gasteiger partial charge in [-0.25, -0.2) is 13.1 Å². The number of sulfonamides is 1. The van der Waals surface area contributed by atoms with Gasteiger partial charge in [0.1, 0.15) is 0 Å². The first-order valence-electron chi connectivity index (χ1n) is 6.93. The second-order valence-corrected chi connectivity index (χ2v) is 7.70. The van der Waals surface area contributed by atoms with Gasteiger partial charge in [-0.1, -0.05) is 42.5 Å². The smallest absolute Gasteiger partial charge is 0.241 e. The van der Waals surface area contributed by atoms with Gasteiger partial charge in [-0.3, -0.25) is 4.79 Å². The highest BCUT2D eigenvalue weighted by molar-refractivity contribution is 7.89. The third-order valence-electron chi connectivity index (χ3n) is 2.90. The minimum Gasteiger partial charge on any atom is -0.289 e. The molecule has 0 spiro atoms. The lowest BCUT2D eigenvalue weighted by Crippen LogP contribution is -2.41. The van der Waals surface area contributed by atoms with Crippen molar-refractivity contribution in [1.82, 2.24) is 4.72 Å². The van der Waals surface area contributed by atoms with E-state index in [2.05, 4.69) is 4.72 Å².